The van der Waals surface area contributed by atoms with E-state index in [-0.39, 0.29) is 5.75 Å². The summed E-state index contributed by atoms with van der Waals surface area (Å²) in [5, 5.41) is 0. The van der Waals surface area contributed by atoms with Gasteiger partial charge < -0.3 is 9.72 Å². The van der Waals surface area contributed by atoms with Gasteiger partial charge in [0.25, 0.3) is 0 Å². The molecule has 0 aromatic carbocycles. The molecule has 0 aliphatic carbocycles. The largest absolute Gasteiger partial charge is 0.573 e. The number of alkyl halides is 3. The predicted octanol–water partition coefficient (Wildman–Crippen LogP) is 2.16. The highest BCUT2D eigenvalue weighted by molar-refractivity contribution is 5.71. The van der Waals surface area contributed by atoms with Gasteiger partial charge in [0.05, 0.1) is 11.7 Å². The fourth-order valence-corrected chi connectivity index (χ4v) is 1.19. The van der Waals surface area contributed by atoms with Gasteiger partial charge in [-0.2, -0.15) is 0 Å². The van der Waals surface area contributed by atoms with Crippen LogP contribution >= 0.6 is 0 Å². The molecule has 0 spiro atoms. The van der Waals surface area contributed by atoms with Crippen LogP contribution in [0.4, 0.5) is 13.2 Å². The number of nitrogens with one attached hydrogen (secondary N) is 1. The molecular formula is C8H6F3N3O. The summed E-state index contributed by atoms with van der Waals surface area (Å²) in [6, 6.07) is 1.20. The quantitative estimate of drug-likeness (QED) is 0.796. The molecule has 2 rings (SSSR count). The molecule has 0 fully saturated rings. The minimum Gasteiger partial charge on any atom is -0.404 e. The Balaban J connectivity index is 2.38. The molecule has 0 amide bonds. The summed E-state index contributed by atoms with van der Waals surface area (Å²) in [6.07, 6.45) is -3.72. The van der Waals surface area contributed by atoms with E-state index in [9.17, 15) is 13.2 Å². The highest BCUT2D eigenvalue weighted by Gasteiger charge is 2.31. The molecule has 2 heterocycles. The van der Waals surface area contributed by atoms with Crippen molar-refractivity contribution in [3.05, 3.63) is 18.1 Å². The fourth-order valence-electron chi connectivity index (χ4n) is 1.19. The topological polar surface area (TPSA) is 50.8 Å². The van der Waals surface area contributed by atoms with Crippen molar-refractivity contribution in [1.82, 2.24) is 15.0 Å². The third-order valence-electron chi connectivity index (χ3n) is 1.66. The molecule has 80 valence electrons. The van der Waals surface area contributed by atoms with Gasteiger partial charge in [0.15, 0.2) is 5.65 Å². The number of halogens is 3. The number of hydrogen-bond acceptors (Lipinski definition) is 3. The molecule has 0 bridgehead atoms. The first kappa shape index (κ1) is 9.75. The number of imidazole rings is 1. The van der Waals surface area contributed by atoms with Crippen LogP contribution < -0.4 is 4.74 Å². The number of nitrogens with zero attached hydrogens (tertiary/aromatic N) is 2. The van der Waals surface area contributed by atoms with E-state index in [4.69, 9.17) is 0 Å². The summed E-state index contributed by atoms with van der Waals surface area (Å²) < 4.78 is 39.3. The maximum atomic E-state index is 11.9. The number of pyridine rings is 1. The first-order valence-corrected chi connectivity index (χ1v) is 4.02. The molecule has 0 saturated heterocycles. The van der Waals surface area contributed by atoms with Gasteiger partial charge in [0.2, 0.25) is 0 Å². The van der Waals surface area contributed by atoms with Crippen LogP contribution in [0.5, 0.6) is 5.75 Å². The molecule has 15 heavy (non-hydrogen) atoms. The first-order chi connectivity index (χ1) is 6.94. The number of aryl methyl sites for hydroxylation is 1. The summed E-state index contributed by atoms with van der Waals surface area (Å²) in [7, 11) is 0. The van der Waals surface area contributed by atoms with E-state index in [0.29, 0.717) is 17.0 Å². The SMILES string of the molecule is Cc1nc2ncc(OC(F)(F)F)cc2[nH]1. The van der Waals surface area contributed by atoms with Gasteiger partial charge in [-0.05, 0) is 6.92 Å². The van der Waals surface area contributed by atoms with Crippen molar-refractivity contribution in [3.63, 3.8) is 0 Å². The van der Waals surface area contributed by atoms with Crippen molar-refractivity contribution in [2.75, 3.05) is 0 Å². The van der Waals surface area contributed by atoms with Crippen molar-refractivity contribution in [2.24, 2.45) is 0 Å². The Morgan fingerprint density at radius 1 is 1.40 bits per heavy atom. The molecule has 0 aliphatic rings. The van der Waals surface area contributed by atoms with Crippen molar-refractivity contribution in [1.29, 1.82) is 0 Å². The average molecular weight is 217 g/mol. The van der Waals surface area contributed by atoms with Crippen LogP contribution in [0.1, 0.15) is 5.82 Å². The Morgan fingerprint density at radius 2 is 2.13 bits per heavy atom. The molecule has 0 unspecified atom stereocenters. The third kappa shape index (κ3) is 2.17. The summed E-state index contributed by atoms with van der Waals surface area (Å²) in [5.41, 5.74) is 0.774. The number of aromatic nitrogens is 3. The Labute approximate surface area is 82.1 Å². The number of rotatable bonds is 1. The van der Waals surface area contributed by atoms with Crippen LogP contribution in [-0.4, -0.2) is 21.3 Å². The van der Waals surface area contributed by atoms with Gasteiger partial charge >= 0.3 is 6.36 Å². The van der Waals surface area contributed by atoms with Crippen molar-refractivity contribution < 1.29 is 17.9 Å². The smallest absolute Gasteiger partial charge is 0.404 e. The number of hydrogen-bond donors (Lipinski definition) is 1. The summed E-state index contributed by atoms with van der Waals surface area (Å²) >= 11 is 0. The molecule has 2 aromatic heterocycles. The zero-order valence-corrected chi connectivity index (χ0v) is 7.59. The van der Waals surface area contributed by atoms with Crippen LogP contribution in [0.15, 0.2) is 12.3 Å². The first-order valence-electron chi connectivity index (χ1n) is 4.02. The second-order valence-electron chi connectivity index (χ2n) is 2.91. The van der Waals surface area contributed by atoms with E-state index < -0.39 is 6.36 Å². The number of aromatic amines is 1. The van der Waals surface area contributed by atoms with Crippen LogP contribution in [0.3, 0.4) is 0 Å². The van der Waals surface area contributed by atoms with E-state index in [1.54, 1.807) is 6.92 Å². The van der Waals surface area contributed by atoms with Gasteiger partial charge in [-0.15, -0.1) is 13.2 Å². The summed E-state index contributed by atoms with van der Waals surface area (Å²) in [4.78, 5) is 10.4. The second-order valence-corrected chi connectivity index (χ2v) is 2.91. The highest BCUT2D eigenvalue weighted by Crippen LogP contribution is 2.23. The average Bonchev–Trinajstić information content (AvgIpc) is 2.40. The Bertz CT molecular complexity index is 491. The highest BCUT2D eigenvalue weighted by atomic mass is 19.4. The zero-order valence-electron chi connectivity index (χ0n) is 7.59. The lowest BCUT2D eigenvalue weighted by molar-refractivity contribution is -0.274. The van der Waals surface area contributed by atoms with Gasteiger partial charge in [-0.25, -0.2) is 9.97 Å². The van der Waals surface area contributed by atoms with Gasteiger partial charge in [-0.1, -0.05) is 0 Å². The Kier molecular flexibility index (Phi) is 2.02. The minimum atomic E-state index is -4.70. The van der Waals surface area contributed by atoms with Crippen LogP contribution in [0, 0.1) is 6.92 Å². The normalized spacial score (nSPS) is 12.0. The Hall–Kier alpha value is -1.79. The Morgan fingerprint density at radius 3 is 2.80 bits per heavy atom. The summed E-state index contributed by atoms with van der Waals surface area (Å²) in [6.45, 7) is 1.69. The van der Waals surface area contributed by atoms with Gasteiger partial charge in [0, 0.05) is 6.07 Å². The van der Waals surface area contributed by atoms with Crippen molar-refractivity contribution >= 4 is 11.2 Å². The number of H-pyrrole nitrogens is 1. The molecule has 4 nitrogen and oxygen atoms in total. The molecule has 1 N–H and O–H groups in total. The lowest BCUT2D eigenvalue weighted by Crippen LogP contribution is -2.17. The van der Waals surface area contributed by atoms with Crippen LogP contribution in [0.25, 0.3) is 11.2 Å². The predicted molar refractivity (Wildman–Crippen MR) is 45.3 cm³/mol. The molecule has 2 aromatic rings. The molecule has 0 radical (unpaired) electrons. The van der Waals surface area contributed by atoms with Crippen molar-refractivity contribution in [3.8, 4) is 5.75 Å². The lowest BCUT2D eigenvalue weighted by atomic mass is 10.4. The maximum absolute atomic E-state index is 11.9. The number of ether oxygens (including phenoxy) is 1. The summed E-state index contributed by atoms with van der Waals surface area (Å²) in [5.74, 6) is 0.223. The maximum Gasteiger partial charge on any atom is 0.573 e. The van der Waals surface area contributed by atoms with E-state index >= 15 is 0 Å². The standard InChI is InChI=1S/C8H6F3N3O/c1-4-13-6-2-5(15-8(9,10)11)3-12-7(6)14-4/h2-3H,1H3,(H,12,13,14). The van der Waals surface area contributed by atoms with E-state index in [0.717, 1.165) is 6.20 Å². The lowest BCUT2D eigenvalue weighted by Gasteiger charge is -2.07. The van der Waals surface area contributed by atoms with E-state index in [1.807, 2.05) is 0 Å². The van der Waals surface area contributed by atoms with Crippen LogP contribution in [-0.2, 0) is 0 Å². The van der Waals surface area contributed by atoms with Gasteiger partial charge in [-0.3, -0.25) is 0 Å². The molecule has 0 aliphatic heterocycles. The molecular weight excluding hydrogens is 211 g/mol. The van der Waals surface area contributed by atoms with Gasteiger partial charge in [0.1, 0.15) is 11.6 Å². The molecule has 0 atom stereocenters. The third-order valence-corrected chi connectivity index (χ3v) is 1.66. The minimum absolute atomic E-state index is 0.362. The molecule has 7 heteroatoms. The zero-order chi connectivity index (χ0) is 11.1. The fraction of sp³-hybridized carbons (Fsp3) is 0.250. The van der Waals surface area contributed by atoms with Crippen LogP contribution in [0.2, 0.25) is 0 Å². The van der Waals surface area contributed by atoms with E-state index in [1.165, 1.54) is 6.07 Å². The van der Waals surface area contributed by atoms with E-state index in [2.05, 4.69) is 19.7 Å². The second kappa shape index (κ2) is 3.11. The molecule has 0 saturated carbocycles. The number of fused-ring (bicyclic) bond motifs is 1. The monoisotopic (exact) mass is 217 g/mol. The van der Waals surface area contributed by atoms with Crippen molar-refractivity contribution in [2.45, 2.75) is 13.3 Å².